The summed E-state index contributed by atoms with van der Waals surface area (Å²) in [5.74, 6) is 0.300. The smallest absolute Gasteiger partial charge is 0.338 e. The zero-order valence-electron chi connectivity index (χ0n) is 15.4. The van der Waals surface area contributed by atoms with Gasteiger partial charge in [-0.2, -0.15) is 0 Å². The minimum atomic E-state index is -0.836. The average molecular weight is 372 g/mol. The fraction of sp³-hybridized carbons (Fsp3) is 0.300. The maximum absolute atomic E-state index is 12.0. The number of aliphatic hydroxyl groups is 1. The van der Waals surface area contributed by atoms with E-state index in [1.54, 1.807) is 55.6 Å². The Balaban J connectivity index is 1.81. The van der Waals surface area contributed by atoms with Crippen molar-refractivity contribution in [3.63, 3.8) is 0 Å². The highest BCUT2D eigenvalue weighted by molar-refractivity contribution is 5.92. The van der Waals surface area contributed by atoms with Gasteiger partial charge in [0.1, 0.15) is 5.75 Å². The summed E-state index contributed by atoms with van der Waals surface area (Å²) in [6.45, 7) is 2.35. The first-order valence-electron chi connectivity index (χ1n) is 8.67. The van der Waals surface area contributed by atoms with Crippen molar-refractivity contribution >= 4 is 17.7 Å². The van der Waals surface area contributed by atoms with E-state index in [2.05, 4.69) is 10.6 Å². The van der Waals surface area contributed by atoms with Crippen LogP contribution >= 0.6 is 0 Å². The van der Waals surface area contributed by atoms with Crippen LogP contribution in [0.25, 0.3) is 0 Å². The predicted molar refractivity (Wildman–Crippen MR) is 102 cm³/mol. The fourth-order valence-electron chi connectivity index (χ4n) is 2.28. The van der Waals surface area contributed by atoms with Crippen LogP contribution in [-0.2, 0) is 4.74 Å². The summed E-state index contributed by atoms with van der Waals surface area (Å²) in [6.07, 6.45) is -0.0779. The molecular weight excluding hydrogens is 348 g/mol. The van der Waals surface area contributed by atoms with Crippen molar-refractivity contribution in [3.8, 4) is 5.75 Å². The van der Waals surface area contributed by atoms with Crippen LogP contribution in [0.15, 0.2) is 48.5 Å². The van der Waals surface area contributed by atoms with Gasteiger partial charge in [0.25, 0.3) is 0 Å². The molecule has 144 valence electrons. The molecule has 1 atom stereocenters. The Morgan fingerprint density at radius 2 is 1.74 bits per heavy atom. The van der Waals surface area contributed by atoms with Gasteiger partial charge in [0.15, 0.2) is 0 Å². The van der Waals surface area contributed by atoms with Crippen molar-refractivity contribution in [2.75, 3.05) is 25.6 Å². The van der Waals surface area contributed by atoms with Crippen LogP contribution in [0, 0.1) is 0 Å². The van der Waals surface area contributed by atoms with Crippen LogP contribution in [0.3, 0.4) is 0 Å². The second kappa shape index (κ2) is 10.2. The summed E-state index contributed by atoms with van der Waals surface area (Å²) >= 11 is 0. The fourth-order valence-corrected chi connectivity index (χ4v) is 2.28. The van der Waals surface area contributed by atoms with Crippen molar-refractivity contribution in [3.05, 3.63) is 59.7 Å². The van der Waals surface area contributed by atoms with Crippen molar-refractivity contribution in [2.45, 2.75) is 19.4 Å². The van der Waals surface area contributed by atoms with E-state index in [9.17, 15) is 14.7 Å². The number of urea groups is 1. The molecule has 2 amide bonds. The Labute approximate surface area is 158 Å². The number of ether oxygens (including phenoxy) is 2. The number of hydrogen-bond acceptors (Lipinski definition) is 5. The minimum Gasteiger partial charge on any atom is -0.497 e. The molecule has 2 rings (SSSR count). The van der Waals surface area contributed by atoms with Gasteiger partial charge in [0, 0.05) is 12.2 Å². The minimum absolute atomic E-state index is 0.0551. The summed E-state index contributed by atoms with van der Waals surface area (Å²) in [4.78, 5) is 23.7. The maximum Gasteiger partial charge on any atom is 0.338 e. The zero-order chi connectivity index (χ0) is 19.6. The lowest BCUT2D eigenvalue weighted by Gasteiger charge is -2.13. The number of carbonyl (C=O) groups excluding carboxylic acids is 2. The van der Waals surface area contributed by atoms with Crippen molar-refractivity contribution < 1.29 is 24.2 Å². The van der Waals surface area contributed by atoms with Crippen LogP contribution in [-0.4, -0.2) is 37.4 Å². The second-order valence-electron chi connectivity index (χ2n) is 5.84. The monoisotopic (exact) mass is 372 g/mol. The molecule has 7 nitrogen and oxygen atoms in total. The van der Waals surface area contributed by atoms with Gasteiger partial charge >= 0.3 is 12.0 Å². The number of esters is 1. The maximum atomic E-state index is 12.0. The summed E-state index contributed by atoms with van der Waals surface area (Å²) in [5, 5.41) is 15.4. The molecule has 0 radical (unpaired) electrons. The first-order valence-corrected chi connectivity index (χ1v) is 8.67. The molecule has 0 heterocycles. The summed E-state index contributed by atoms with van der Waals surface area (Å²) in [7, 11) is 1.57. The van der Waals surface area contributed by atoms with E-state index in [1.807, 2.05) is 6.92 Å². The molecule has 2 aromatic rings. The molecule has 3 N–H and O–H groups in total. The van der Waals surface area contributed by atoms with Gasteiger partial charge in [-0.3, -0.25) is 0 Å². The SMILES string of the molecule is CCCOC(=O)c1ccc(NC(=O)NCC(O)c2ccc(OC)cc2)cc1. The lowest BCUT2D eigenvalue weighted by molar-refractivity contribution is 0.0505. The Bertz CT molecular complexity index is 744. The summed E-state index contributed by atoms with van der Waals surface area (Å²) < 4.78 is 10.1. The Kier molecular flexibility index (Phi) is 7.63. The number of aliphatic hydroxyl groups excluding tert-OH is 1. The first kappa shape index (κ1) is 20.3. The van der Waals surface area contributed by atoms with Crippen LogP contribution in [0.4, 0.5) is 10.5 Å². The predicted octanol–water partition coefficient (Wildman–Crippen LogP) is 3.12. The first-order chi connectivity index (χ1) is 13.0. The third-order valence-corrected chi connectivity index (χ3v) is 3.77. The summed E-state index contributed by atoms with van der Waals surface area (Å²) in [5.41, 5.74) is 1.62. The number of rotatable bonds is 8. The number of nitrogens with one attached hydrogen (secondary N) is 2. The number of amides is 2. The number of carbonyl (C=O) groups is 2. The topological polar surface area (TPSA) is 96.9 Å². The molecule has 2 aromatic carbocycles. The lowest BCUT2D eigenvalue weighted by Crippen LogP contribution is -2.32. The van der Waals surface area contributed by atoms with Crippen LogP contribution in [0.1, 0.15) is 35.4 Å². The van der Waals surface area contributed by atoms with Gasteiger partial charge in [-0.05, 0) is 48.4 Å². The van der Waals surface area contributed by atoms with Gasteiger partial charge in [-0.1, -0.05) is 19.1 Å². The Morgan fingerprint density at radius 1 is 1.07 bits per heavy atom. The molecule has 0 saturated carbocycles. The van der Waals surface area contributed by atoms with Gasteiger partial charge in [-0.15, -0.1) is 0 Å². The van der Waals surface area contributed by atoms with Crippen molar-refractivity contribution in [1.82, 2.24) is 5.32 Å². The van der Waals surface area contributed by atoms with Crippen molar-refractivity contribution in [2.24, 2.45) is 0 Å². The lowest BCUT2D eigenvalue weighted by atomic mass is 10.1. The van der Waals surface area contributed by atoms with E-state index in [0.717, 1.165) is 6.42 Å². The number of anilines is 1. The molecule has 1 unspecified atom stereocenters. The van der Waals surface area contributed by atoms with E-state index < -0.39 is 18.1 Å². The molecule has 0 fully saturated rings. The average Bonchev–Trinajstić information content (AvgIpc) is 2.70. The van der Waals surface area contributed by atoms with E-state index in [1.165, 1.54) is 0 Å². The third kappa shape index (κ3) is 6.31. The van der Waals surface area contributed by atoms with Crippen LogP contribution in [0.5, 0.6) is 5.75 Å². The molecule has 0 aromatic heterocycles. The molecule has 27 heavy (non-hydrogen) atoms. The van der Waals surface area contributed by atoms with E-state index in [4.69, 9.17) is 9.47 Å². The number of methoxy groups -OCH3 is 1. The van der Waals surface area contributed by atoms with Crippen LogP contribution in [0.2, 0.25) is 0 Å². The summed E-state index contributed by atoms with van der Waals surface area (Å²) in [6, 6.07) is 12.9. The quantitative estimate of drug-likeness (QED) is 0.619. The molecule has 7 heteroatoms. The second-order valence-corrected chi connectivity index (χ2v) is 5.84. The van der Waals surface area contributed by atoms with E-state index in [0.29, 0.717) is 29.2 Å². The normalized spacial score (nSPS) is 11.4. The standard InChI is InChI=1S/C20H24N2O5/c1-3-12-27-19(24)15-4-8-16(9-5-15)22-20(25)21-13-18(23)14-6-10-17(26-2)11-7-14/h4-11,18,23H,3,12-13H2,1-2H3,(H2,21,22,25). The Hall–Kier alpha value is -3.06. The highest BCUT2D eigenvalue weighted by Gasteiger charge is 2.11. The third-order valence-electron chi connectivity index (χ3n) is 3.77. The molecule has 0 saturated heterocycles. The molecule has 0 aliphatic rings. The van der Waals surface area contributed by atoms with Crippen LogP contribution < -0.4 is 15.4 Å². The molecule has 0 aliphatic carbocycles. The number of hydrogen-bond donors (Lipinski definition) is 3. The van der Waals surface area contributed by atoms with Gasteiger partial charge in [-0.25, -0.2) is 9.59 Å². The highest BCUT2D eigenvalue weighted by atomic mass is 16.5. The molecular formula is C20H24N2O5. The number of benzene rings is 2. The zero-order valence-corrected chi connectivity index (χ0v) is 15.4. The van der Waals surface area contributed by atoms with E-state index in [-0.39, 0.29) is 6.54 Å². The molecule has 0 aliphatic heterocycles. The van der Waals surface area contributed by atoms with Gasteiger partial charge in [0.2, 0.25) is 0 Å². The van der Waals surface area contributed by atoms with Crippen molar-refractivity contribution in [1.29, 1.82) is 0 Å². The molecule has 0 spiro atoms. The molecule has 0 bridgehead atoms. The van der Waals surface area contributed by atoms with Gasteiger partial charge < -0.3 is 25.2 Å². The largest absolute Gasteiger partial charge is 0.497 e. The Morgan fingerprint density at radius 3 is 2.33 bits per heavy atom. The van der Waals surface area contributed by atoms with Gasteiger partial charge in [0.05, 0.1) is 25.4 Å². The van der Waals surface area contributed by atoms with E-state index >= 15 is 0 Å². The highest BCUT2D eigenvalue weighted by Crippen LogP contribution is 2.17.